The molecule has 13 heteroatoms. The molecule has 0 radical (unpaired) electrons. The molecule has 12 nitrogen and oxygen atoms in total. The number of thioether (sulfide) groups is 1. The Hall–Kier alpha value is -1.71. The van der Waals surface area contributed by atoms with Gasteiger partial charge in [0.15, 0.2) is 6.29 Å². The Morgan fingerprint density at radius 2 is 1.81 bits per heavy atom. The number of carbonyl (C=O) groups is 2. The summed E-state index contributed by atoms with van der Waals surface area (Å²) in [5.74, 6) is -3.24. The maximum absolute atomic E-state index is 11.6. The number of carboxylic acid groups (broad SMARTS) is 1. The van der Waals surface area contributed by atoms with E-state index in [-0.39, 0.29) is 12.2 Å². The molecule has 1 fully saturated rings. The first-order valence-corrected chi connectivity index (χ1v) is 10.6. The minimum Gasteiger partial charge on any atom is -0.478 e. The van der Waals surface area contributed by atoms with Gasteiger partial charge >= 0.3 is 11.3 Å². The molecule has 0 aromatic heterocycles. The van der Waals surface area contributed by atoms with Crippen molar-refractivity contribution >= 4 is 23.0 Å². The highest BCUT2D eigenvalue weighted by Gasteiger charge is 2.52. The van der Waals surface area contributed by atoms with E-state index in [0.717, 1.165) is 18.0 Å². The van der Waals surface area contributed by atoms with Gasteiger partial charge in [0.2, 0.25) is 6.29 Å². The summed E-state index contributed by atoms with van der Waals surface area (Å²) in [6.07, 6.45) is -6.52. The average molecular weight is 464 g/mol. The van der Waals surface area contributed by atoms with E-state index in [1.54, 1.807) is 0 Å². The fourth-order valence-corrected chi connectivity index (χ4v) is 4.05. The maximum Gasteiger partial charge on any atom is 0.367 e. The highest BCUT2D eigenvalue weighted by atomic mass is 32.2. The zero-order valence-corrected chi connectivity index (χ0v) is 17.1. The fraction of sp³-hybridized carbons (Fsp3) is 0.667. The molecule has 0 aromatic rings. The number of ether oxygens (including phenoxy) is 4. The van der Waals surface area contributed by atoms with Gasteiger partial charge in [0, 0.05) is 5.92 Å². The summed E-state index contributed by atoms with van der Waals surface area (Å²) in [4.78, 5) is 23.1. The molecule has 0 aromatic carbocycles. The molecule has 0 saturated carbocycles. The molecule has 0 unspecified atom stereocenters. The monoisotopic (exact) mass is 464 g/mol. The van der Waals surface area contributed by atoms with Gasteiger partial charge in [-0.2, -0.15) is 0 Å². The number of fused-ring (bicyclic) bond motifs is 1. The van der Waals surface area contributed by atoms with Crippen molar-refractivity contribution in [2.75, 3.05) is 19.5 Å². The number of hydrogen-bond acceptors (Lipinski definition) is 12. The van der Waals surface area contributed by atoms with Crippen LogP contribution in [0.15, 0.2) is 23.5 Å². The summed E-state index contributed by atoms with van der Waals surface area (Å²) < 4.78 is 21.4. The van der Waals surface area contributed by atoms with E-state index in [4.69, 9.17) is 18.9 Å². The molecule has 2 aliphatic heterocycles. The van der Waals surface area contributed by atoms with E-state index >= 15 is 0 Å². The molecule has 1 aliphatic carbocycles. The van der Waals surface area contributed by atoms with Crippen LogP contribution in [0.25, 0.3) is 0 Å². The summed E-state index contributed by atoms with van der Waals surface area (Å²) in [6, 6.07) is 0. The third-order valence-electron chi connectivity index (χ3n) is 5.44. The zero-order chi connectivity index (χ0) is 22.9. The van der Waals surface area contributed by atoms with Crippen molar-refractivity contribution in [2.45, 2.75) is 43.1 Å². The van der Waals surface area contributed by atoms with Gasteiger partial charge in [-0.3, -0.25) is 0 Å². The molecule has 0 amide bonds. The van der Waals surface area contributed by atoms with Crippen LogP contribution in [-0.4, -0.2) is 104 Å². The molecule has 3 rings (SSSR count). The fourth-order valence-electron chi connectivity index (χ4n) is 3.87. The van der Waals surface area contributed by atoms with Gasteiger partial charge in [-0.25, -0.2) is 9.59 Å². The lowest BCUT2D eigenvalue weighted by Crippen LogP contribution is -2.60. The van der Waals surface area contributed by atoms with Gasteiger partial charge in [-0.05, 0) is 23.6 Å². The lowest BCUT2D eigenvalue weighted by atomic mass is 9.82. The van der Waals surface area contributed by atoms with Crippen LogP contribution in [0.2, 0.25) is 0 Å². The minimum absolute atomic E-state index is 0.228. The Morgan fingerprint density at radius 3 is 2.42 bits per heavy atom. The van der Waals surface area contributed by atoms with E-state index in [0.29, 0.717) is 5.57 Å². The van der Waals surface area contributed by atoms with E-state index < -0.39 is 72.8 Å². The highest BCUT2D eigenvalue weighted by Crippen LogP contribution is 2.44. The van der Waals surface area contributed by atoms with Crippen molar-refractivity contribution in [3.63, 3.8) is 0 Å². The van der Waals surface area contributed by atoms with E-state index in [1.165, 1.54) is 12.3 Å². The molecular formula is C18H24O12S. The van der Waals surface area contributed by atoms with Gasteiger partial charge in [0.25, 0.3) is 0 Å². The molecule has 1 saturated heterocycles. The van der Waals surface area contributed by atoms with E-state index in [2.05, 4.69) is 0 Å². The third kappa shape index (κ3) is 4.73. The van der Waals surface area contributed by atoms with E-state index in [9.17, 15) is 40.2 Å². The van der Waals surface area contributed by atoms with Crippen LogP contribution in [-0.2, 0) is 23.7 Å². The number of carboxylic acids is 1. The Morgan fingerprint density at radius 1 is 1.10 bits per heavy atom. The van der Waals surface area contributed by atoms with Gasteiger partial charge in [0.1, 0.15) is 31.0 Å². The highest BCUT2D eigenvalue weighted by molar-refractivity contribution is 8.12. The number of aliphatic hydroxyl groups is 5. The molecule has 6 N–H and O–H groups in total. The average Bonchev–Trinajstić information content (AvgIpc) is 3.09. The number of rotatable bonds is 6. The third-order valence-corrected chi connectivity index (χ3v) is 5.89. The quantitative estimate of drug-likeness (QED) is 0.190. The maximum atomic E-state index is 11.6. The molecule has 2 heterocycles. The summed E-state index contributed by atoms with van der Waals surface area (Å²) >= 11 is 0.829. The number of hydrogen-bond donors (Lipinski definition) is 6. The van der Waals surface area contributed by atoms with Crippen molar-refractivity contribution < 1.29 is 59.2 Å². The second kappa shape index (κ2) is 9.83. The largest absolute Gasteiger partial charge is 0.478 e. The van der Waals surface area contributed by atoms with Crippen molar-refractivity contribution in [1.82, 2.24) is 0 Å². The first-order valence-electron chi connectivity index (χ1n) is 9.33. The molecular weight excluding hydrogens is 440 g/mol. The molecule has 9 atom stereocenters. The van der Waals surface area contributed by atoms with Crippen molar-refractivity contribution in [3.8, 4) is 0 Å². The van der Waals surface area contributed by atoms with Crippen LogP contribution >= 0.6 is 11.8 Å². The van der Waals surface area contributed by atoms with Gasteiger partial charge in [-0.1, -0.05) is 6.08 Å². The van der Waals surface area contributed by atoms with Crippen molar-refractivity contribution in [1.29, 1.82) is 0 Å². The normalized spacial score (nSPS) is 39.7. The Bertz CT molecular complexity index is 752. The Labute approximate surface area is 180 Å². The number of aliphatic hydroxyl groups excluding tert-OH is 5. The van der Waals surface area contributed by atoms with Gasteiger partial charge < -0.3 is 49.6 Å². The molecule has 174 valence electrons. The van der Waals surface area contributed by atoms with Crippen molar-refractivity contribution in [2.24, 2.45) is 11.8 Å². The van der Waals surface area contributed by atoms with Crippen LogP contribution in [0.1, 0.15) is 0 Å². The molecule has 0 spiro atoms. The lowest BCUT2D eigenvalue weighted by Gasteiger charge is -2.43. The first kappa shape index (κ1) is 23.9. The summed E-state index contributed by atoms with van der Waals surface area (Å²) in [6.45, 7) is -0.928. The molecule has 31 heavy (non-hydrogen) atoms. The van der Waals surface area contributed by atoms with Gasteiger partial charge in [-0.15, -0.1) is 0 Å². The molecule has 0 bridgehead atoms. The standard InChI is InChI=1S/C18H24O12S/c1-31-18(26)28-4-6-2-8(20)11-7(15(24)25)5-27-16(10(6)11)30-17-14(23)13(22)12(21)9(3-19)29-17/h2,5,8-14,16-17,19-23H,3-4H2,1H3,(H,24,25)/t8-,9+,10-,11-,12+,13+,14+,16+,17+/m0/s1. The minimum atomic E-state index is -1.71. The second-order valence-electron chi connectivity index (χ2n) is 7.24. The zero-order valence-electron chi connectivity index (χ0n) is 16.3. The Balaban J connectivity index is 1.84. The lowest BCUT2D eigenvalue weighted by molar-refractivity contribution is -0.340. The molecule has 3 aliphatic rings. The predicted molar refractivity (Wildman–Crippen MR) is 101 cm³/mol. The Kier molecular flexibility index (Phi) is 7.59. The number of aliphatic carboxylic acids is 1. The summed E-state index contributed by atoms with van der Waals surface area (Å²) in [5, 5.41) is 58.7. The second-order valence-corrected chi connectivity index (χ2v) is 7.98. The van der Waals surface area contributed by atoms with Crippen LogP contribution in [0.4, 0.5) is 4.79 Å². The topological polar surface area (TPSA) is 192 Å². The van der Waals surface area contributed by atoms with Crippen LogP contribution < -0.4 is 0 Å². The van der Waals surface area contributed by atoms with Crippen LogP contribution in [0.3, 0.4) is 0 Å². The van der Waals surface area contributed by atoms with E-state index in [1.807, 2.05) is 0 Å². The summed E-state index contributed by atoms with van der Waals surface area (Å²) in [7, 11) is 0. The van der Waals surface area contributed by atoms with Crippen LogP contribution in [0.5, 0.6) is 0 Å². The number of carbonyl (C=O) groups excluding carboxylic acids is 1. The first-order chi connectivity index (χ1) is 14.7. The predicted octanol–water partition coefficient (Wildman–Crippen LogP) is -1.84. The van der Waals surface area contributed by atoms with Crippen LogP contribution in [0, 0.1) is 11.8 Å². The SMILES string of the molecule is CSC(=O)OCC1=C[C@H](O)[C@@H]2C(C(=O)O)=CO[C@H](O[C@H]3O[C@H](CO)[C@@H](O)[C@@H](O)[C@H]3O)[C@@H]12. The van der Waals surface area contributed by atoms with Gasteiger partial charge in [0.05, 0.1) is 30.5 Å². The smallest absolute Gasteiger partial charge is 0.367 e. The van der Waals surface area contributed by atoms with Crippen molar-refractivity contribution in [3.05, 3.63) is 23.5 Å². The summed E-state index contributed by atoms with van der Waals surface area (Å²) in [5.41, 5.74) is 0.106.